The van der Waals surface area contributed by atoms with Crippen LogP contribution in [-0.4, -0.2) is 16.4 Å². The third-order valence-electron chi connectivity index (χ3n) is 3.26. The molecule has 0 aliphatic rings. The molecule has 6 heteroatoms. The van der Waals surface area contributed by atoms with Crippen LogP contribution in [0.15, 0.2) is 40.4 Å². The Kier molecular flexibility index (Phi) is 3.87. The number of likely N-dealkylation sites (N-methyl/N-ethyl adjacent to an activating group) is 1. The molecule has 3 rings (SSSR count). The average molecular weight is 354 g/mol. The van der Waals surface area contributed by atoms with Crippen molar-refractivity contribution in [2.45, 2.75) is 12.5 Å². The average Bonchev–Trinajstić information content (AvgIpc) is 3.00. The number of imidazole rings is 1. The number of thiazole rings is 1. The number of nitrogens with one attached hydrogen (secondary N) is 1. The van der Waals surface area contributed by atoms with Gasteiger partial charge in [0.15, 0.2) is 4.96 Å². The molecular weight excluding hydrogens is 341 g/mol. The van der Waals surface area contributed by atoms with Gasteiger partial charge in [0, 0.05) is 30.2 Å². The number of hydrogen-bond donors (Lipinski definition) is 1. The molecule has 3 nitrogen and oxygen atoms in total. The fourth-order valence-electron chi connectivity index (χ4n) is 2.24. The standard InChI is InChI=1S/C14H13BrFN3S/c1-17-12(10-3-2-4-11(16)13(10)15)7-9-8-19-5-6-20-14(19)18-9/h2-6,8,12,17H,7H2,1H3. The quantitative estimate of drug-likeness (QED) is 0.772. The molecule has 2 aromatic heterocycles. The highest BCUT2D eigenvalue weighted by Gasteiger charge is 2.17. The first kappa shape index (κ1) is 13.7. The maximum Gasteiger partial charge on any atom is 0.193 e. The summed E-state index contributed by atoms with van der Waals surface area (Å²) < 4.78 is 16.2. The molecule has 0 aliphatic heterocycles. The molecule has 0 saturated carbocycles. The summed E-state index contributed by atoms with van der Waals surface area (Å²) in [7, 11) is 1.88. The number of aromatic nitrogens is 2. The van der Waals surface area contributed by atoms with E-state index in [1.54, 1.807) is 17.4 Å². The van der Waals surface area contributed by atoms with E-state index >= 15 is 0 Å². The van der Waals surface area contributed by atoms with Crippen molar-refractivity contribution in [3.8, 4) is 0 Å². The Bertz CT molecular complexity index is 708. The summed E-state index contributed by atoms with van der Waals surface area (Å²) in [6, 6.07) is 5.12. The highest BCUT2D eigenvalue weighted by molar-refractivity contribution is 9.10. The first-order chi connectivity index (χ1) is 9.69. The van der Waals surface area contributed by atoms with Crippen LogP contribution in [0, 0.1) is 5.82 Å². The summed E-state index contributed by atoms with van der Waals surface area (Å²) in [5, 5.41) is 5.23. The Balaban J connectivity index is 1.90. The molecule has 0 fully saturated rings. The van der Waals surface area contributed by atoms with E-state index in [1.807, 2.05) is 35.3 Å². The van der Waals surface area contributed by atoms with Crippen LogP contribution in [0.5, 0.6) is 0 Å². The molecule has 104 valence electrons. The SMILES string of the molecule is CNC(Cc1cn2ccsc2n1)c1cccc(F)c1Br. The second-order valence-electron chi connectivity index (χ2n) is 4.51. The minimum absolute atomic E-state index is 0.0182. The first-order valence-electron chi connectivity index (χ1n) is 6.21. The summed E-state index contributed by atoms with van der Waals surface area (Å²) in [4.78, 5) is 5.55. The van der Waals surface area contributed by atoms with Crippen molar-refractivity contribution in [1.29, 1.82) is 0 Å². The Morgan fingerprint density at radius 3 is 3.10 bits per heavy atom. The highest BCUT2D eigenvalue weighted by Crippen LogP contribution is 2.28. The van der Waals surface area contributed by atoms with E-state index in [1.165, 1.54) is 6.07 Å². The summed E-state index contributed by atoms with van der Waals surface area (Å²) in [6.45, 7) is 0. The zero-order valence-corrected chi connectivity index (χ0v) is 13.2. The molecule has 1 aromatic carbocycles. The number of nitrogens with zero attached hydrogens (tertiary/aromatic N) is 2. The van der Waals surface area contributed by atoms with E-state index in [2.05, 4.69) is 26.2 Å². The van der Waals surface area contributed by atoms with Crippen molar-refractivity contribution in [3.05, 3.63) is 57.5 Å². The van der Waals surface area contributed by atoms with E-state index in [4.69, 9.17) is 0 Å². The van der Waals surface area contributed by atoms with E-state index in [0.717, 1.165) is 16.2 Å². The summed E-state index contributed by atoms with van der Waals surface area (Å²) in [5.74, 6) is -0.242. The molecule has 0 bridgehead atoms. The molecule has 0 amide bonds. The Labute approximate surface area is 128 Å². The molecule has 1 unspecified atom stereocenters. The number of fused-ring (bicyclic) bond motifs is 1. The number of halogens is 2. The molecule has 0 spiro atoms. The van der Waals surface area contributed by atoms with Crippen LogP contribution in [0.1, 0.15) is 17.3 Å². The molecule has 1 N–H and O–H groups in total. The van der Waals surface area contributed by atoms with Crippen molar-refractivity contribution >= 4 is 32.2 Å². The van der Waals surface area contributed by atoms with Crippen molar-refractivity contribution in [1.82, 2.24) is 14.7 Å². The predicted molar refractivity (Wildman–Crippen MR) is 82.7 cm³/mol. The van der Waals surface area contributed by atoms with Gasteiger partial charge in [-0.2, -0.15) is 0 Å². The molecule has 20 heavy (non-hydrogen) atoms. The lowest BCUT2D eigenvalue weighted by molar-refractivity contribution is 0.567. The zero-order chi connectivity index (χ0) is 14.1. The van der Waals surface area contributed by atoms with Crippen LogP contribution in [0.2, 0.25) is 0 Å². The fraction of sp³-hybridized carbons (Fsp3) is 0.214. The second kappa shape index (κ2) is 5.63. The van der Waals surface area contributed by atoms with E-state index < -0.39 is 0 Å². The number of hydrogen-bond acceptors (Lipinski definition) is 3. The maximum atomic E-state index is 13.6. The van der Waals surface area contributed by atoms with Gasteiger partial charge in [0.25, 0.3) is 0 Å². The van der Waals surface area contributed by atoms with Gasteiger partial charge >= 0.3 is 0 Å². The van der Waals surface area contributed by atoms with Gasteiger partial charge in [-0.05, 0) is 34.6 Å². The maximum absolute atomic E-state index is 13.6. The second-order valence-corrected chi connectivity index (χ2v) is 6.18. The van der Waals surface area contributed by atoms with Gasteiger partial charge in [-0.25, -0.2) is 9.37 Å². The fourth-order valence-corrected chi connectivity index (χ4v) is 3.50. The molecule has 0 aliphatic carbocycles. The van der Waals surface area contributed by atoms with Crippen molar-refractivity contribution < 1.29 is 4.39 Å². The monoisotopic (exact) mass is 353 g/mol. The van der Waals surface area contributed by atoms with E-state index in [-0.39, 0.29) is 11.9 Å². The summed E-state index contributed by atoms with van der Waals surface area (Å²) in [5.41, 5.74) is 1.90. The van der Waals surface area contributed by atoms with Crippen molar-refractivity contribution in [3.63, 3.8) is 0 Å². The third kappa shape index (κ3) is 2.51. The first-order valence-corrected chi connectivity index (χ1v) is 7.88. The minimum Gasteiger partial charge on any atom is -0.313 e. The topological polar surface area (TPSA) is 29.3 Å². The van der Waals surface area contributed by atoms with Gasteiger partial charge in [0.1, 0.15) is 5.82 Å². The summed E-state index contributed by atoms with van der Waals surface area (Å²) >= 11 is 4.93. The van der Waals surface area contributed by atoms with Gasteiger partial charge in [-0.1, -0.05) is 12.1 Å². The number of benzene rings is 1. The van der Waals surface area contributed by atoms with Crippen LogP contribution in [0.4, 0.5) is 4.39 Å². The van der Waals surface area contributed by atoms with Gasteiger partial charge in [-0.3, -0.25) is 4.40 Å². The van der Waals surface area contributed by atoms with Crippen LogP contribution in [-0.2, 0) is 6.42 Å². The van der Waals surface area contributed by atoms with E-state index in [9.17, 15) is 4.39 Å². The molecule has 3 aromatic rings. The predicted octanol–water partition coefficient (Wildman–Crippen LogP) is 3.80. The number of rotatable bonds is 4. The summed E-state index contributed by atoms with van der Waals surface area (Å²) in [6.07, 6.45) is 4.72. The van der Waals surface area contributed by atoms with Crippen LogP contribution >= 0.6 is 27.3 Å². The minimum atomic E-state index is -0.242. The lowest BCUT2D eigenvalue weighted by Crippen LogP contribution is -2.19. The van der Waals surface area contributed by atoms with Gasteiger partial charge < -0.3 is 5.32 Å². The lowest BCUT2D eigenvalue weighted by atomic mass is 10.0. The van der Waals surface area contributed by atoms with Crippen LogP contribution in [0.3, 0.4) is 0 Å². The van der Waals surface area contributed by atoms with Crippen LogP contribution in [0.25, 0.3) is 4.96 Å². The zero-order valence-electron chi connectivity index (χ0n) is 10.8. The molecule has 2 heterocycles. The normalized spacial score (nSPS) is 12.9. The van der Waals surface area contributed by atoms with Gasteiger partial charge in [0.05, 0.1) is 10.2 Å². The van der Waals surface area contributed by atoms with Gasteiger partial charge in [-0.15, -0.1) is 11.3 Å². The van der Waals surface area contributed by atoms with Crippen molar-refractivity contribution in [2.24, 2.45) is 0 Å². The Morgan fingerprint density at radius 1 is 1.50 bits per heavy atom. The Hall–Kier alpha value is -1.24. The molecule has 1 atom stereocenters. The van der Waals surface area contributed by atoms with Crippen molar-refractivity contribution in [2.75, 3.05) is 7.05 Å². The largest absolute Gasteiger partial charge is 0.313 e. The molecular formula is C14H13BrFN3S. The highest BCUT2D eigenvalue weighted by atomic mass is 79.9. The molecule has 0 saturated heterocycles. The molecule has 0 radical (unpaired) electrons. The van der Waals surface area contributed by atoms with Crippen LogP contribution < -0.4 is 5.32 Å². The smallest absolute Gasteiger partial charge is 0.193 e. The third-order valence-corrected chi connectivity index (χ3v) is 4.87. The lowest BCUT2D eigenvalue weighted by Gasteiger charge is -2.17. The van der Waals surface area contributed by atoms with Gasteiger partial charge in [0.2, 0.25) is 0 Å². The van der Waals surface area contributed by atoms with E-state index in [0.29, 0.717) is 10.9 Å². The Morgan fingerprint density at radius 2 is 2.35 bits per heavy atom.